The number of carboxylic acids is 1. The first kappa shape index (κ1) is 19.5. The van der Waals surface area contributed by atoms with Crippen LogP contribution in [0.4, 0.5) is 0 Å². The first-order valence-corrected chi connectivity index (χ1v) is 7.51. The molecule has 4 N–H and O–H groups in total. The summed E-state index contributed by atoms with van der Waals surface area (Å²) in [6.07, 6.45) is 12.2. The lowest BCUT2D eigenvalue weighted by Gasteiger charge is -2.12. The van der Waals surface area contributed by atoms with E-state index in [-0.39, 0.29) is 12.2 Å². The molecular weight excluding hydrogens is 270 g/mol. The normalized spacial score (nSPS) is 14.6. The van der Waals surface area contributed by atoms with Crippen LogP contribution in [0.15, 0.2) is 24.3 Å². The fourth-order valence-corrected chi connectivity index (χ4v) is 1.77. The van der Waals surface area contributed by atoms with Crippen LogP contribution in [0.5, 0.6) is 0 Å². The van der Waals surface area contributed by atoms with Crippen LogP contribution in [0.3, 0.4) is 0 Å². The van der Waals surface area contributed by atoms with Crippen molar-refractivity contribution >= 4 is 11.8 Å². The maximum atomic E-state index is 11.5. The topological polar surface area (TPSA) is 101 Å². The SMILES string of the molecule is CCCCCCC/C=C/C=C/C(=O)C[C@@H](O)[C@H](N)C(=O)O. The van der Waals surface area contributed by atoms with E-state index in [0.717, 1.165) is 12.8 Å². The Bertz CT molecular complexity index is 363. The van der Waals surface area contributed by atoms with Crippen LogP contribution in [-0.2, 0) is 9.59 Å². The van der Waals surface area contributed by atoms with Crippen LogP contribution in [0.1, 0.15) is 51.9 Å². The highest BCUT2D eigenvalue weighted by Crippen LogP contribution is 2.05. The molecule has 0 radical (unpaired) electrons. The second kappa shape index (κ2) is 12.3. The predicted octanol–water partition coefficient (Wildman–Crippen LogP) is 2.19. The van der Waals surface area contributed by atoms with Crippen LogP contribution in [0.25, 0.3) is 0 Å². The Morgan fingerprint density at radius 2 is 1.81 bits per heavy atom. The number of aliphatic hydroxyl groups excluding tert-OH is 1. The molecule has 0 aliphatic carbocycles. The molecule has 0 fully saturated rings. The number of hydrogen-bond donors (Lipinski definition) is 3. The molecule has 0 aromatic heterocycles. The Labute approximate surface area is 126 Å². The number of rotatable bonds is 12. The number of hydrogen-bond acceptors (Lipinski definition) is 4. The van der Waals surface area contributed by atoms with Gasteiger partial charge in [-0.15, -0.1) is 0 Å². The van der Waals surface area contributed by atoms with Gasteiger partial charge in [-0.3, -0.25) is 9.59 Å². The van der Waals surface area contributed by atoms with Crippen molar-refractivity contribution in [2.75, 3.05) is 0 Å². The van der Waals surface area contributed by atoms with E-state index < -0.39 is 18.1 Å². The zero-order valence-electron chi connectivity index (χ0n) is 12.7. The molecule has 0 spiro atoms. The zero-order chi connectivity index (χ0) is 16.1. The Kier molecular flexibility index (Phi) is 11.4. The van der Waals surface area contributed by atoms with E-state index in [0.29, 0.717) is 0 Å². The fourth-order valence-electron chi connectivity index (χ4n) is 1.77. The Morgan fingerprint density at radius 3 is 2.43 bits per heavy atom. The molecule has 2 atom stereocenters. The molecule has 0 aliphatic rings. The molecule has 5 nitrogen and oxygen atoms in total. The molecular formula is C16H27NO4. The molecule has 0 aromatic carbocycles. The van der Waals surface area contributed by atoms with Gasteiger partial charge in [-0.1, -0.05) is 50.8 Å². The third-order valence-corrected chi connectivity index (χ3v) is 3.11. The van der Waals surface area contributed by atoms with E-state index >= 15 is 0 Å². The first-order valence-electron chi connectivity index (χ1n) is 7.51. The highest BCUT2D eigenvalue weighted by molar-refractivity contribution is 5.90. The monoisotopic (exact) mass is 297 g/mol. The molecule has 0 amide bonds. The maximum Gasteiger partial charge on any atom is 0.323 e. The lowest BCUT2D eigenvalue weighted by Crippen LogP contribution is -2.42. The van der Waals surface area contributed by atoms with Gasteiger partial charge in [0.1, 0.15) is 6.04 Å². The molecule has 0 aromatic rings. The van der Waals surface area contributed by atoms with Crippen LogP contribution in [-0.4, -0.2) is 34.1 Å². The van der Waals surface area contributed by atoms with Gasteiger partial charge in [0.15, 0.2) is 5.78 Å². The van der Waals surface area contributed by atoms with E-state index in [1.54, 1.807) is 12.2 Å². The highest BCUT2D eigenvalue weighted by atomic mass is 16.4. The summed E-state index contributed by atoms with van der Waals surface area (Å²) in [4.78, 5) is 22.0. The van der Waals surface area contributed by atoms with Gasteiger partial charge in [0.05, 0.1) is 6.10 Å². The Balaban J connectivity index is 3.82. The molecule has 0 heterocycles. The van der Waals surface area contributed by atoms with Gasteiger partial charge in [0.2, 0.25) is 0 Å². The van der Waals surface area contributed by atoms with E-state index in [4.69, 9.17) is 10.8 Å². The van der Waals surface area contributed by atoms with Crippen LogP contribution >= 0.6 is 0 Å². The average molecular weight is 297 g/mol. The van der Waals surface area contributed by atoms with Gasteiger partial charge in [0.25, 0.3) is 0 Å². The van der Waals surface area contributed by atoms with Crippen LogP contribution in [0.2, 0.25) is 0 Å². The number of carboxylic acid groups (broad SMARTS) is 1. The summed E-state index contributed by atoms with van der Waals surface area (Å²) in [5.74, 6) is -1.66. The molecule has 120 valence electrons. The molecule has 0 unspecified atom stereocenters. The summed E-state index contributed by atoms with van der Waals surface area (Å²) >= 11 is 0. The minimum absolute atomic E-state index is 0.283. The van der Waals surface area contributed by atoms with Crippen molar-refractivity contribution in [3.05, 3.63) is 24.3 Å². The lowest BCUT2D eigenvalue weighted by molar-refractivity contribution is -0.141. The number of carbonyl (C=O) groups excluding carboxylic acids is 1. The van der Waals surface area contributed by atoms with Gasteiger partial charge < -0.3 is 15.9 Å². The maximum absolute atomic E-state index is 11.5. The molecule has 0 bridgehead atoms. The largest absolute Gasteiger partial charge is 0.480 e. The van der Waals surface area contributed by atoms with E-state index in [2.05, 4.69) is 6.92 Å². The molecule has 0 aliphatic heterocycles. The number of carbonyl (C=O) groups is 2. The quantitative estimate of drug-likeness (QED) is 0.291. The molecule has 0 saturated carbocycles. The summed E-state index contributed by atoms with van der Waals surface area (Å²) in [5, 5.41) is 18.0. The molecule has 5 heteroatoms. The van der Waals surface area contributed by atoms with E-state index in [1.165, 1.54) is 31.8 Å². The summed E-state index contributed by atoms with van der Waals surface area (Å²) in [5.41, 5.74) is 5.21. The van der Waals surface area contributed by atoms with E-state index in [9.17, 15) is 14.7 Å². The van der Waals surface area contributed by atoms with Crippen molar-refractivity contribution < 1.29 is 19.8 Å². The van der Waals surface area contributed by atoms with Crippen molar-refractivity contribution in [1.82, 2.24) is 0 Å². The fraction of sp³-hybridized carbons (Fsp3) is 0.625. The zero-order valence-corrected chi connectivity index (χ0v) is 12.7. The minimum atomic E-state index is -1.43. The Hall–Kier alpha value is -1.46. The van der Waals surface area contributed by atoms with Gasteiger partial charge in [0, 0.05) is 6.42 Å². The van der Waals surface area contributed by atoms with Crippen molar-refractivity contribution in [3.63, 3.8) is 0 Å². The summed E-state index contributed by atoms with van der Waals surface area (Å²) in [6, 6.07) is -1.43. The van der Waals surface area contributed by atoms with Crippen LogP contribution in [0, 0.1) is 0 Å². The molecule has 0 saturated heterocycles. The second-order valence-corrected chi connectivity index (χ2v) is 5.09. The summed E-state index contributed by atoms with van der Waals surface area (Å²) in [7, 11) is 0. The number of unbranched alkanes of at least 4 members (excludes halogenated alkanes) is 5. The van der Waals surface area contributed by atoms with Crippen molar-refractivity contribution in [1.29, 1.82) is 0 Å². The minimum Gasteiger partial charge on any atom is -0.480 e. The summed E-state index contributed by atoms with van der Waals surface area (Å²) in [6.45, 7) is 2.18. The number of nitrogens with two attached hydrogens (primary N) is 1. The number of aliphatic carboxylic acids is 1. The summed E-state index contributed by atoms with van der Waals surface area (Å²) < 4.78 is 0. The van der Waals surface area contributed by atoms with Gasteiger partial charge in [-0.25, -0.2) is 0 Å². The number of allylic oxidation sites excluding steroid dienone is 4. The number of aliphatic hydroxyl groups is 1. The number of ketones is 1. The third-order valence-electron chi connectivity index (χ3n) is 3.11. The standard InChI is InChI=1S/C16H27NO4/c1-2-3-4-5-6-7-8-9-10-11-13(18)12-14(19)15(17)16(20)21/h8-11,14-15,19H,2-7,12,17H2,1H3,(H,20,21)/b9-8+,11-10+/t14-,15+/m1/s1. The van der Waals surface area contributed by atoms with E-state index in [1.807, 2.05) is 6.08 Å². The predicted molar refractivity (Wildman–Crippen MR) is 82.9 cm³/mol. The van der Waals surface area contributed by atoms with Gasteiger partial charge >= 0.3 is 5.97 Å². The van der Waals surface area contributed by atoms with Crippen molar-refractivity contribution in [3.8, 4) is 0 Å². The van der Waals surface area contributed by atoms with Crippen molar-refractivity contribution in [2.24, 2.45) is 5.73 Å². The van der Waals surface area contributed by atoms with Gasteiger partial charge in [-0.2, -0.15) is 0 Å². The Morgan fingerprint density at radius 1 is 1.14 bits per heavy atom. The molecule has 21 heavy (non-hydrogen) atoms. The smallest absolute Gasteiger partial charge is 0.323 e. The lowest BCUT2D eigenvalue weighted by atomic mass is 10.1. The van der Waals surface area contributed by atoms with Gasteiger partial charge in [-0.05, 0) is 18.9 Å². The third kappa shape index (κ3) is 10.9. The van der Waals surface area contributed by atoms with Crippen molar-refractivity contribution in [2.45, 2.75) is 64.0 Å². The first-order chi connectivity index (χ1) is 9.99. The average Bonchev–Trinajstić information content (AvgIpc) is 2.44. The van der Waals surface area contributed by atoms with Crippen LogP contribution < -0.4 is 5.73 Å². The highest BCUT2D eigenvalue weighted by Gasteiger charge is 2.23. The second-order valence-electron chi connectivity index (χ2n) is 5.09. The molecule has 0 rings (SSSR count).